The van der Waals surface area contributed by atoms with Gasteiger partial charge in [-0.3, -0.25) is 0 Å². The van der Waals surface area contributed by atoms with E-state index in [1.807, 2.05) is 37.3 Å². The molecule has 0 fully saturated rings. The molecule has 21 heavy (non-hydrogen) atoms. The zero-order valence-corrected chi connectivity index (χ0v) is 12.3. The first-order valence-corrected chi connectivity index (χ1v) is 6.67. The zero-order valence-electron chi connectivity index (χ0n) is 12.3. The van der Waals surface area contributed by atoms with E-state index in [2.05, 4.69) is 6.58 Å². The van der Waals surface area contributed by atoms with Crippen LogP contribution >= 0.6 is 0 Å². The first-order valence-electron chi connectivity index (χ1n) is 6.67. The Kier molecular flexibility index (Phi) is 4.77. The van der Waals surface area contributed by atoms with E-state index in [-0.39, 0.29) is 5.97 Å². The van der Waals surface area contributed by atoms with Gasteiger partial charge in [0, 0.05) is 0 Å². The predicted molar refractivity (Wildman–Crippen MR) is 83.5 cm³/mol. The number of carbonyl (C=O) groups excluding carboxylic acids is 1. The highest BCUT2D eigenvalue weighted by Crippen LogP contribution is 2.21. The first kappa shape index (κ1) is 14.9. The summed E-state index contributed by atoms with van der Waals surface area (Å²) in [5.74, 6) is 0.387. The molecule has 0 atom stereocenters. The fraction of sp³-hybridized carbons (Fsp3) is 0.167. The molecule has 0 aliphatic carbocycles. The number of carbonyl (C=O) groups is 1. The fourth-order valence-corrected chi connectivity index (χ4v) is 1.98. The summed E-state index contributed by atoms with van der Waals surface area (Å²) in [5.41, 5.74) is 3.37. The summed E-state index contributed by atoms with van der Waals surface area (Å²) >= 11 is 0. The number of esters is 1. The molecule has 0 amide bonds. The smallest absolute Gasteiger partial charge is 0.337 e. The van der Waals surface area contributed by atoms with Gasteiger partial charge in [0.1, 0.15) is 12.4 Å². The molecule has 0 aliphatic heterocycles. The van der Waals surface area contributed by atoms with Gasteiger partial charge in [0.05, 0.1) is 12.7 Å². The number of hydrogen-bond acceptors (Lipinski definition) is 3. The number of rotatable bonds is 5. The minimum atomic E-state index is -0.349. The van der Waals surface area contributed by atoms with E-state index < -0.39 is 0 Å². The summed E-state index contributed by atoms with van der Waals surface area (Å²) in [7, 11) is 1.37. The fourth-order valence-electron chi connectivity index (χ4n) is 1.98. The van der Waals surface area contributed by atoms with Crippen molar-refractivity contribution in [3.8, 4) is 5.75 Å². The Bertz CT molecular complexity index is 645. The largest absolute Gasteiger partial charge is 0.489 e. The molecule has 0 saturated heterocycles. The molecule has 0 N–H and O–H groups in total. The molecule has 0 spiro atoms. The van der Waals surface area contributed by atoms with Crippen molar-refractivity contribution >= 4 is 11.5 Å². The second-order valence-electron chi connectivity index (χ2n) is 4.73. The van der Waals surface area contributed by atoms with Crippen LogP contribution < -0.4 is 4.74 Å². The summed E-state index contributed by atoms with van der Waals surface area (Å²) < 4.78 is 10.5. The van der Waals surface area contributed by atoms with Crippen molar-refractivity contribution in [3.05, 3.63) is 71.8 Å². The molecular weight excluding hydrogens is 264 g/mol. The van der Waals surface area contributed by atoms with Crippen molar-refractivity contribution in [2.45, 2.75) is 6.92 Å². The molecule has 108 valence electrons. The molecule has 0 heterocycles. The molecule has 0 bridgehead atoms. The number of hydrogen-bond donors (Lipinski definition) is 0. The van der Waals surface area contributed by atoms with Crippen LogP contribution in [0.1, 0.15) is 21.5 Å². The topological polar surface area (TPSA) is 35.5 Å². The van der Waals surface area contributed by atoms with E-state index >= 15 is 0 Å². The lowest BCUT2D eigenvalue weighted by atomic mass is 10.1. The highest BCUT2D eigenvalue weighted by atomic mass is 16.5. The van der Waals surface area contributed by atoms with Gasteiger partial charge in [0.2, 0.25) is 0 Å². The monoisotopic (exact) mass is 282 g/mol. The number of ether oxygens (including phenoxy) is 2. The van der Waals surface area contributed by atoms with Crippen molar-refractivity contribution in [1.82, 2.24) is 0 Å². The second-order valence-corrected chi connectivity index (χ2v) is 4.73. The van der Waals surface area contributed by atoms with Crippen LogP contribution in [0.15, 0.2) is 55.1 Å². The molecule has 3 heteroatoms. The van der Waals surface area contributed by atoms with E-state index in [0.29, 0.717) is 12.2 Å². The van der Waals surface area contributed by atoms with E-state index in [0.717, 1.165) is 22.4 Å². The van der Waals surface area contributed by atoms with Crippen LogP contribution in [-0.4, -0.2) is 19.7 Å². The van der Waals surface area contributed by atoms with Gasteiger partial charge >= 0.3 is 5.97 Å². The molecular formula is C18H18O3. The van der Waals surface area contributed by atoms with Gasteiger partial charge in [-0.1, -0.05) is 36.9 Å². The second kappa shape index (κ2) is 6.75. The van der Waals surface area contributed by atoms with Crippen LogP contribution in [0.3, 0.4) is 0 Å². The van der Waals surface area contributed by atoms with Gasteiger partial charge in [-0.2, -0.15) is 0 Å². The Labute approximate surface area is 124 Å². The van der Waals surface area contributed by atoms with Gasteiger partial charge in [-0.15, -0.1) is 0 Å². The zero-order chi connectivity index (χ0) is 15.2. The molecule has 0 aromatic heterocycles. The summed E-state index contributed by atoms with van der Waals surface area (Å²) in [6, 6.07) is 15.1. The van der Waals surface area contributed by atoms with Crippen molar-refractivity contribution in [2.24, 2.45) is 0 Å². The van der Waals surface area contributed by atoms with Gasteiger partial charge < -0.3 is 9.47 Å². The van der Waals surface area contributed by atoms with Gasteiger partial charge in [-0.25, -0.2) is 4.79 Å². The Hall–Kier alpha value is -2.55. The molecule has 0 saturated carbocycles. The highest BCUT2D eigenvalue weighted by molar-refractivity contribution is 5.89. The molecule has 3 nitrogen and oxygen atoms in total. The Balaban J connectivity index is 2.04. The van der Waals surface area contributed by atoms with Gasteiger partial charge in [0.25, 0.3) is 0 Å². The number of benzene rings is 2. The average Bonchev–Trinajstić information content (AvgIpc) is 2.53. The molecule has 2 rings (SSSR count). The number of aryl methyl sites for hydroxylation is 1. The van der Waals surface area contributed by atoms with Gasteiger partial charge in [0.15, 0.2) is 0 Å². The Morgan fingerprint density at radius 3 is 2.43 bits per heavy atom. The number of methoxy groups -OCH3 is 1. The summed E-state index contributed by atoms with van der Waals surface area (Å²) in [4.78, 5) is 11.5. The van der Waals surface area contributed by atoms with E-state index in [4.69, 9.17) is 9.47 Å². The van der Waals surface area contributed by atoms with Crippen molar-refractivity contribution in [2.75, 3.05) is 13.7 Å². The lowest BCUT2D eigenvalue weighted by molar-refractivity contribution is 0.0600. The van der Waals surface area contributed by atoms with Crippen LogP contribution in [0.25, 0.3) is 5.57 Å². The maximum Gasteiger partial charge on any atom is 0.337 e. The van der Waals surface area contributed by atoms with E-state index in [1.54, 1.807) is 18.2 Å². The standard InChI is InChI=1S/C18H18O3/c1-13-11-16(18(19)20-3)9-10-17(13)21-12-14(2)15-7-5-4-6-8-15/h4-11H,2,12H2,1,3H3. The predicted octanol–water partition coefficient (Wildman–Crippen LogP) is 3.87. The van der Waals surface area contributed by atoms with Crippen LogP contribution in [0, 0.1) is 6.92 Å². The Morgan fingerprint density at radius 1 is 1.10 bits per heavy atom. The van der Waals surface area contributed by atoms with Gasteiger partial charge in [-0.05, 0) is 41.8 Å². The summed E-state index contributed by atoms with van der Waals surface area (Å²) in [5, 5.41) is 0. The minimum Gasteiger partial charge on any atom is -0.489 e. The molecule has 2 aromatic carbocycles. The van der Waals surface area contributed by atoms with Crippen LogP contribution in [0.4, 0.5) is 0 Å². The highest BCUT2D eigenvalue weighted by Gasteiger charge is 2.08. The summed E-state index contributed by atoms with van der Waals surface area (Å²) in [6.07, 6.45) is 0. The van der Waals surface area contributed by atoms with Crippen molar-refractivity contribution in [1.29, 1.82) is 0 Å². The normalized spacial score (nSPS) is 10.0. The van der Waals surface area contributed by atoms with Crippen LogP contribution in [0.2, 0.25) is 0 Å². The maximum absolute atomic E-state index is 11.5. The van der Waals surface area contributed by atoms with Crippen LogP contribution in [0.5, 0.6) is 5.75 Å². The maximum atomic E-state index is 11.5. The molecule has 0 aliphatic rings. The molecule has 0 unspecified atom stereocenters. The SMILES string of the molecule is C=C(COc1ccc(C(=O)OC)cc1C)c1ccccc1. The molecule has 0 radical (unpaired) electrons. The average molecular weight is 282 g/mol. The van der Waals surface area contributed by atoms with E-state index in [1.165, 1.54) is 7.11 Å². The van der Waals surface area contributed by atoms with Crippen molar-refractivity contribution < 1.29 is 14.3 Å². The third-order valence-electron chi connectivity index (χ3n) is 3.18. The molecule has 2 aromatic rings. The lowest BCUT2D eigenvalue weighted by Gasteiger charge is -2.12. The van der Waals surface area contributed by atoms with Crippen molar-refractivity contribution in [3.63, 3.8) is 0 Å². The minimum absolute atomic E-state index is 0.349. The first-order chi connectivity index (χ1) is 10.1. The Morgan fingerprint density at radius 2 is 1.81 bits per heavy atom. The lowest BCUT2D eigenvalue weighted by Crippen LogP contribution is -2.04. The summed E-state index contributed by atoms with van der Waals surface area (Å²) in [6.45, 7) is 6.33. The quantitative estimate of drug-likeness (QED) is 0.781. The van der Waals surface area contributed by atoms with E-state index in [9.17, 15) is 4.79 Å². The third-order valence-corrected chi connectivity index (χ3v) is 3.18. The van der Waals surface area contributed by atoms with Crippen LogP contribution in [-0.2, 0) is 4.74 Å². The third kappa shape index (κ3) is 3.72.